The van der Waals surface area contributed by atoms with Gasteiger partial charge in [-0.2, -0.15) is 11.3 Å². The highest BCUT2D eigenvalue weighted by Crippen LogP contribution is 2.41. The normalized spacial score (nSPS) is 19.9. The van der Waals surface area contributed by atoms with E-state index in [1.807, 2.05) is 4.90 Å². The van der Waals surface area contributed by atoms with E-state index in [-0.39, 0.29) is 12.0 Å². The zero-order valence-electron chi connectivity index (χ0n) is 19.9. The smallest absolute Gasteiger partial charge is 0.409 e. The fourth-order valence-electron chi connectivity index (χ4n) is 5.20. The van der Waals surface area contributed by atoms with E-state index in [2.05, 4.69) is 52.9 Å². The molecular weight excluding hydrogens is 432 g/mol. The number of carbonyl (C=O) groups is 1. The van der Waals surface area contributed by atoms with Crippen LogP contribution in [0.25, 0.3) is 11.1 Å². The average Bonchev–Trinajstić information content (AvgIpc) is 3.39. The van der Waals surface area contributed by atoms with E-state index >= 15 is 0 Å². The summed E-state index contributed by atoms with van der Waals surface area (Å²) in [6.07, 6.45) is 6.90. The quantitative estimate of drug-likeness (QED) is 0.499. The van der Waals surface area contributed by atoms with Gasteiger partial charge in [-0.25, -0.2) is 4.79 Å². The van der Waals surface area contributed by atoms with Crippen molar-refractivity contribution < 1.29 is 14.6 Å². The van der Waals surface area contributed by atoms with E-state index in [1.54, 1.807) is 11.3 Å². The number of benzene rings is 1. The van der Waals surface area contributed by atoms with E-state index in [0.29, 0.717) is 19.7 Å². The van der Waals surface area contributed by atoms with E-state index in [4.69, 9.17) is 4.74 Å². The van der Waals surface area contributed by atoms with Gasteiger partial charge in [-0.15, -0.1) is 0 Å². The van der Waals surface area contributed by atoms with Gasteiger partial charge in [0.25, 0.3) is 0 Å². The second kappa shape index (κ2) is 11.5. The Hall–Kier alpha value is -1.89. The lowest BCUT2D eigenvalue weighted by Crippen LogP contribution is -2.52. The third kappa shape index (κ3) is 6.17. The van der Waals surface area contributed by atoms with Crippen molar-refractivity contribution in [3.63, 3.8) is 0 Å². The van der Waals surface area contributed by atoms with Crippen molar-refractivity contribution >= 4 is 17.4 Å². The molecule has 1 unspecified atom stereocenters. The lowest BCUT2D eigenvalue weighted by molar-refractivity contribution is -0.0342. The number of ether oxygens (including phenoxy) is 1. The van der Waals surface area contributed by atoms with Gasteiger partial charge in [0.15, 0.2) is 0 Å². The van der Waals surface area contributed by atoms with Gasteiger partial charge < -0.3 is 14.7 Å². The van der Waals surface area contributed by atoms with Crippen LogP contribution >= 0.6 is 11.3 Å². The summed E-state index contributed by atoms with van der Waals surface area (Å²) < 4.78 is 5.39. The van der Waals surface area contributed by atoms with Crippen LogP contribution < -0.4 is 0 Å². The molecular formula is C27H38N2O3S. The lowest BCUT2D eigenvalue weighted by atomic mass is 9.72. The van der Waals surface area contributed by atoms with Gasteiger partial charge in [0.05, 0.1) is 12.2 Å². The van der Waals surface area contributed by atoms with Crippen LogP contribution in [0.3, 0.4) is 0 Å². The van der Waals surface area contributed by atoms with Gasteiger partial charge in [-0.1, -0.05) is 56.9 Å². The Morgan fingerprint density at radius 2 is 1.79 bits per heavy atom. The first-order valence-corrected chi connectivity index (χ1v) is 13.5. The summed E-state index contributed by atoms with van der Waals surface area (Å²) in [6.45, 7) is 6.45. The molecule has 4 rings (SSSR count). The number of nitrogens with zero attached hydrogens (tertiary/aromatic N) is 2. The highest BCUT2D eigenvalue weighted by Gasteiger charge is 2.40. The number of carbonyl (C=O) groups excluding carboxylic acids is 1. The minimum absolute atomic E-state index is 0.0809. The molecule has 0 radical (unpaired) electrons. The van der Waals surface area contributed by atoms with Crippen molar-refractivity contribution in [2.45, 2.75) is 63.4 Å². The number of hydrogen-bond acceptors (Lipinski definition) is 5. The highest BCUT2D eigenvalue weighted by molar-refractivity contribution is 7.08. The second-order valence-corrected chi connectivity index (χ2v) is 10.4. The molecule has 2 aliphatic rings. The van der Waals surface area contributed by atoms with E-state index in [0.717, 1.165) is 58.2 Å². The largest absolute Gasteiger partial charge is 0.449 e. The van der Waals surface area contributed by atoms with Crippen molar-refractivity contribution in [1.29, 1.82) is 0 Å². The number of piperazine rings is 1. The number of aliphatic hydroxyl groups is 1. The topological polar surface area (TPSA) is 53.0 Å². The summed E-state index contributed by atoms with van der Waals surface area (Å²) in [4.78, 5) is 16.5. The minimum atomic E-state index is -0.654. The van der Waals surface area contributed by atoms with Crippen LogP contribution in [0.2, 0.25) is 0 Å². The van der Waals surface area contributed by atoms with Gasteiger partial charge in [-0.3, -0.25) is 4.90 Å². The first-order valence-electron chi connectivity index (χ1n) is 12.6. The third-order valence-corrected chi connectivity index (χ3v) is 8.01. The number of unbranched alkanes of at least 4 members (excludes halogenated alkanes) is 1. The molecule has 6 heteroatoms. The molecule has 2 aromatic rings. The summed E-state index contributed by atoms with van der Waals surface area (Å²) in [7, 11) is 0. The fourth-order valence-corrected chi connectivity index (χ4v) is 5.87. The molecule has 1 N–H and O–H groups in total. The molecule has 1 aliphatic carbocycles. The first kappa shape index (κ1) is 24.2. The SMILES string of the molecule is CCCCOC(=O)N1CCN(CC(c2ccc(-c3ccsc3)cc2)C2(O)CCCCC2)CC1. The number of hydrogen-bond donors (Lipinski definition) is 1. The standard InChI is InChI=1S/C27H38N2O3S/c1-2-3-18-32-26(30)29-16-14-28(15-17-29)20-25(27(31)12-5-4-6-13-27)23-9-7-22(8-10-23)24-11-19-33-21-24/h7-11,19,21,25,31H,2-6,12-18,20H2,1H3. The molecule has 180 valence electrons. The van der Waals surface area contributed by atoms with Crippen molar-refractivity contribution in [3.05, 3.63) is 46.7 Å². The van der Waals surface area contributed by atoms with Crippen molar-refractivity contribution in [3.8, 4) is 11.1 Å². The van der Waals surface area contributed by atoms with Crippen LogP contribution in [0.1, 0.15) is 63.4 Å². The molecule has 33 heavy (non-hydrogen) atoms. The third-order valence-electron chi connectivity index (χ3n) is 7.33. The van der Waals surface area contributed by atoms with Crippen LogP contribution in [0.5, 0.6) is 0 Å². The maximum atomic E-state index is 12.3. The molecule has 1 amide bonds. The first-order chi connectivity index (χ1) is 16.1. The van der Waals surface area contributed by atoms with Crippen LogP contribution in [-0.2, 0) is 4.74 Å². The summed E-state index contributed by atoms with van der Waals surface area (Å²) in [6, 6.07) is 11.0. The van der Waals surface area contributed by atoms with E-state index in [9.17, 15) is 9.90 Å². The number of amides is 1. The molecule has 1 aliphatic heterocycles. The predicted octanol–water partition coefficient (Wildman–Crippen LogP) is 5.75. The molecule has 1 saturated carbocycles. The molecule has 1 aromatic carbocycles. The maximum absolute atomic E-state index is 12.3. The van der Waals surface area contributed by atoms with Crippen molar-refractivity contribution in [2.24, 2.45) is 0 Å². The van der Waals surface area contributed by atoms with Crippen LogP contribution in [0.4, 0.5) is 4.79 Å². The number of thiophene rings is 1. The molecule has 1 atom stereocenters. The van der Waals surface area contributed by atoms with Gasteiger partial charge >= 0.3 is 6.09 Å². The zero-order valence-corrected chi connectivity index (χ0v) is 20.7. The van der Waals surface area contributed by atoms with Crippen LogP contribution in [0.15, 0.2) is 41.1 Å². The Bertz CT molecular complexity index is 854. The van der Waals surface area contributed by atoms with E-state index < -0.39 is 5.60 Å². The summed E-state index contributed by atoms with van der Waals surface area (Å²) in [5, 5.41) is 16.0. The molecule has 0 bridgehead atoms. The summed E-state index contributed by atoms with van der Waals surface area (Å²) >= 11 is 1.71. The van der Waals surface area contributed by atoms with Crippen molar-refractivity contribution in [1.82, 2.24) is 9.80 Å². The Morgan fingerprint density at radius 3 is 2.42 bits per heavy atom. The highest BCUT2D eigenvalue weighted by atomic mass is 32.1. The number of rotatable bonds is 8. The Balaban J connectivity index is 1.42. The second-order valence-electron chi connectivity index (χ2n) is 9.61. The molecule has 0 spiro atoms. The summed E-state index contributed by atoms with van der Waals surface area (Å²) in [5.41, 5.74) is 3.05. The van der Waals surface area contributed by atoms with Gasteiger partial charge in [0, 0.05) is 38.6 Å². The summed E-state index contributed by atoms with van der Waals surface area (Å²) in [5.74, 6) is 0.0809. The molecule has 2 fully saturated rings. The van der Waals surface area contributed by atoms with Crippen LogP contribution in [0, 0.1) is 0 Å². The average molecular weight is 471 g/mol. The lowest BCUT2D eigenvalue weighted by Gasteiger charge is -2.43. The molecule has 1 aromatic heterocycles. The molecule has 1 saturated heterocycles. The zero-order chi connectivity index (χ0) is 23.1. The monoisotopic (exact) mass is 470 g/mol. The Morgan fingerprint density at radius 1 is 1.06 bits per heavy atom. The van der Waals surface area contributed by atoms with E-state index in [1.165, 1.54) is 23.1 Å². The van der Waals surface area contributed by atoms with Crippen molar-refractivity contribution in [2.75, 3.05) is 39.3 Å². The Kier molecular flexibility index (Phi) is 8.45. The van der Waals surface area contributed by atoms with Gasteiger partial charge in [0.1, 0.15) is 0 Å². The fraction of sp³-hybridized carbons (Fsp3) is 0.593. The minimum Gasteiger partial charge on any atom is -0.449 e. The molecule has 2 heterocycles. The predicted molar refractivity (Wildman–Crippen MR) is 135 cm³/mol. The van der Waals surface area contributed by atoms with Gasteiger partial charge in [-0.05, 0) is 52.8 Å². The maximum Gasteiger partial charge on any atom is 0.409 e. The Labute approximate surface area is 202 Å². The van der Waals surface area contributed by atoms with Crippen LogP contribution in [-0.4, -0.2) is 65.9 Å². The van der Waals surface area contributed by atoms with Gasteiger partial charge in [0.2, 0.25) is 0 Å². The molecule has 5 nitrogen and oxygen atoms in total.